The predicted molar refractivity (Wildman–Crippen MR) is 140 cm³/mol. The summed E-state index contributed by atoms with van der Waals surface area (Å²) in [6, 6.07) is 23.0. The fraction of sp³-hybridized carbons (Fsp3) is 0.333. The highest BCUT2D eigenvalue weighted by Gasteiger charge is 2.30. The fourth-order valence-corrected chi connectivity index (χ4v) is 3.96. The van der Waals surface area contributed by atoms with Crippen LogP contribution in [0.3, 0.4) is 0 Å². The van der Waals surface area contributed by atoms with Crippen molar-refractivity contribution in [3.8, 4) is 5.75 Å². The molecular formula is C30H36N2O3. The van der Waals surface area contributed by atoms with Gasteiger partial charge in [-0.05, 0) is 61.6 Å². The van der Waals surface area contributed by atoms with Crippen molar-refractivity contribution in [2.75, 3.05) is 13.2 Å². The molecular weight excluding hydrogens is 436 g/mol. The molecule has 0 fully saturated rings. The number of carbonyl (C=O) groups excluding carboxylic acids is 2. The molecule has 1 atom stereocenters. The molecule has 0 spiro atoms. The molecule has 3 rings (SSSR count). The predicted octanol–water partition coefficient (Wildman–Crippen LogP) is 5.16. The first-order valence-corrected chi connectivity index (χ1v) is 12.2. The van der Waals surface area contributed by atoms with E-state index in [1.54, 1.807) is 4.90 Å². The van der Waals surface area contributed by atoms with Gasteiger partial charge in [0.05, 0.1) is 0 Å². The van der Waals surface area contributed by atoms with Crippen molar-refractivity contribution < 1.29 is 14.3 Å². The molecule has 0 aliphatic rings. The summed E-state index contributed by atoms with van der Waals surface area (Å²) < 4.78 is 5.88. The number of ether oxygens (including phenoxy) is 1. The van der Waals surface area contributed by atoms with E-state index in [4.69, 9.17) is 4.74 Å². The second kappa shape index (κ2) is 12.7. The van der Waals surface area contributed by atoms with Crippen LogP contribution < -0.4 is 10.1 Å². The molecule has 0 saturated heterocycles. The van der Waals surface area contributed by atoms with Crippen molar-refractivity contribution in [2.24, 2.45) is 0 Å². The average Bonchev–Trinajstić information content (AvgIpc) is 2.86. The first kappa shape index (κ1) is 26.0. The molecule has 0 bridgehead atoms. The lowest BCUT2D eigenvalue weighted by Crippen LogP contribution is -2.51. The number of amides is 2. The monoisotopic (exact) mass is 472 g/mol. The van der Waals surface area contributed by atoms with E-state index in [1.807, 2.05) is 100 Å². The molecule has 0 heterocycles. The summed E-state index contributed by atoms with van der Waals surface area (Å²) in [6.45, 7) is 8.84. The van der Waals surface area contributed by atoms with E-state index in [0.717, 1.165) is 28.7 Å². The Bertz CT molecular complexity index is 1130. The van der Waals surface area contributed by atoms with Crippen LogP contribution in [0.1, 0.15) is 41.2 Å². The summed E-state index contributed by atoms with van der Waals surface area (Å²) in [5, 5.41) is 3.00. The third kappa shape index (κ3) is 7.71. The van der Waals surface area contributed by atoms with Gasteiger partial charge in [-0.15, -0.1) is 0 Å². The standard InChI is InChI=1S/C30H36N2O3/c1-5-16-31-30(34)28(19-25-11-7-6-8-12-25)32(20-26-13-9-10-22(2)17-26)29(33)21-35-27-15-14-23(3)24(4)18-27/h6-15,17-18,28H,5,16,19-21H2,1-4H3,(H,31,34)/t28-/m0/s1. The molecule has 0 radical (unpaired) electrons. The van der Waals surface area contributed by atoms with Crippen molar-refractivity contribution in [3.05, 3.63) is 101 Å². The normalized spacial score (nSPS) is 11.5. The molecule has 0 aliphatic heterocycles. The van der Waals surface area contributed by atoms with Crippen molar-refractivity contribution in [1.29, 1.82) is 0 Å². The maximum atomic E-state index is 13.6. The maximum absolute atomic E-state index is 13.6. The molecule has 5 heteroatoms. The van der Waals surface area contributed by atoms with Gasteiger partial charge in [0.1, 0.15) is 11.8 Å². The maximum Gasteiger partial charge on any atom is 0.261 e. The van der Waals surface area contributed by atoms with Crippen LogP contribution in [-0.2, 0) is 22.6 Å². The van der Waals surface area contributed by atoms with Gasteiger partial charge in [-0.3, -0.25) is 9.59 Å². The number of nitrogens with one attached hydrogen (secondary N) is 1. The van der Waals surface area contributed by atoms with E-state index in [1.165, 1.54) is 5.56 Å². The minimum absolute atomic E-state index is 0.138. The fourth-order valence-electron chi connectivity index (χ4n) is 3.96. The van der Waals surface area contributed by atoms with Gasteiger partial charge < -0.3 is 15.0 Å². The van der Waals surface area contributed by atoms with E-state index < -0.39 is 6.04 Å². The van der Waals surface area contributed by atoms with E-state index in [0.29, 0.717) is 25.3 Å². The van der Waals surface area contributed by atoms with E-state index in [-0.39, 0.29) is 18.4 Å². The number of hydrogen-bond acceptors (Lipinski definition) is 3. The molecule has 0 saturated carbocycles. The van der Waals surface area contributed by atoms with Gasteiger partial charge in [0.25, 0.3) is 5.91 Å². The van der Waals surface area contributed by atoms with Gasteiger partial charge >= 0.3 is 0 Å². The quantitative estimate of drug-likeness (QED) is 0.420. The number of benzene rings is 3. The van der Waals surface area contributed by atoms with Crippen LogP contribution >= 0.6 is 0 Å². The third-order valence-electron chi connectivity index (χ3n) is 6.10. The highest BCUT2D eigenvalue weighted by Crippen LogP contribution is 2.19. The molecule has 3 aromatic carbocycles. The van der Waals surface area contributed by atoms with Crippen LogP contribution in [0.15, 0.2) is 72.8 Å². The van der Waals surface area contributed by atoms with Crippen molar-refractivity contribution in [3.63, 3.8) is 0 Å². The zero-order valence-corrected chi connectivity index (χ0v) is 21.2. The van der Waals surface area contributed by atoms with Gasteiger partial charge in [-0.25, -0.2) is 0 Å². The Morgan fingerprint density at radius 1 is 0.886 bits per heavy atom. The molecule has 3 aromatic rings. The Labute approximate surface area is 209 Å². The zero-order chi connectivity index (χ0) is 25.2. The summed E-state index contributed by atoms with van der Waals surface area (Å²) in [4.78, 5) is 28.6. The number of rotatable bonds is 11. The number of hydrogen-bond donors (Lipinski definition) is 1. The van der Waals surface area contributed by atoms with Gasteiger partial charge in [-0.2, -0.15) is 0 Å². The summed E-state index contributed by atoms with van der Waals surface area (Å²) in [5.41, 5.74) is 5.36. The first-order chi connectivity index (χ1) is 16.9. The highest BCUT2D eigenvalue weighted by molar-refractivity contribution is 5.88. The van der Waals surface area contributed by atoms with Crippen LogP contribution in [0.4, 0.5) is 0 Å². The second-order valence-electron chi connectivity index (χ2n) is 9.04. The molecule has 1 N–H and O–H groups in total. The SMILES string of the molecule is CCCNC(=O)[C@H](Cc1ccccc1)N(Cc1cccc(C)c1)C(=O)COc1ccc(C)c(C)c1. The molecule has 2 amide bonds. The topological polar surface area (TPSA) is 58.6 Å². The van der Waals surface area contributed by atoms with Crippen LogP contribution in [0.2, 0.25) is 0 Å². The zero-order valence-electron chi connectivity index (χ0n) is 21.2. The Kier molecular flexibility index (Phi) is 9.47. The van der Waals surface area contributed by atoms with Crippen LogP contribution in [0.25, 0.3) is 0 Å². The number of carbonyl (C=O) groups is 2. The number of aryl methyl sites for hydroxylation is 3. The van der Waals surface area contributed by atoms with E-state index in [9.17, 15) is 9.59 Å². The van der Waals surface area contributed by atoms with Crippen LogP contribution in [0.5, 0.6) is 5.75 Å². The third-order valence-corrected chi connectivity index (χ3v) is 6.10. The lowest BCUT2D eigenvalue weighted by molar-refractivity contribution is -0.142. The van der Waals surface area contributed by atoms with Gasteiger partial charge in [-0.1, -0.05) is 73.2 Å². The Hall–Kier alpha value is -3.60. The molecule has 0 aromatic heterocycles. The number of nitrogens with zero attached hydrogens (tertiary/aromatic N) is 1. The van der Waals surface area contributed by atoms with Crippen molar-refractivity contribution >= 4 is 11.8 Å². The Morgan fingerprint density at radius 2 is 1.63 bits per heavy atom. The summed E-state index contributed by atoms with van der Waals surface area (Å²) >= 11 is 0. The Balaban J connectivity index is 1.89. The first-order valence-electron chi connectivity index (χ1n) is 12.2. The molecule has 0 unspecified atom stereocenters. The minimum atomic E-state index is -0.652. The highest BCUT2D eigenvalue weighted by atomic mass is 16.5. The van der Waals surface area contributed by atoms with Crippen molar-refractivity contribution in [2.45, 2.75) is 53.1 Å². The lowest BCUT2D eigenvalue weighted by Gasteiger charge is -2.31. The smallest absolute Gasteiger partial charge is 0.261 e. The summed E-state index contributed by atoms with van der Waals surface area (Å²) in [6.07, 6.45) is 1.25. The minimum Gasteiger partial charge on any atom is -0.484 e. The lowest BCUT2D eigenvalue weighted by atomic mass is 10.0. The van der Waals surface area contributed by atoms with Crippen LogP contribution in [-0.4, -0.2) is 35.9 Å². The molecule has 184 valence electrons. The average molecular weight is 473 g/mol. The van der Waals surface area contributed by atoms with Crippen LogP contribution in [0, 0.1) is 20.8 Å². The van der Waals surface area contributed by atoms with Gasteiger partial charge in [0.15, 0.2) is 6.61 Å². The summed E-state index contributed by atoms with van der Waals surface area (Å²) in [5.74, 6) is 0.271. The van der Waals surface area contributed by atoms with Gasteiger partial charge in [0, 0.05) is 19.5 Å². The van der Waals surface area contributed by atoms with Gasteiger partial charge in [0.2, 0.25) is 5.91 Å². The van der Waals surface area contributed by atoms with E-state index >= 15 is 0 Å². The molecule has 0 aliphatic carbocycles. The molecule has 35 heavy (non-hydrogen) atoms. The summed E-state index contributed by atoms with van der Waals surface area (Å²) in [7, 11) is 0. The van der Waals surface area contributed by atoms with E-state index in [2.05, 4.69) is 5.32 Å². The second-order valence-corrected chi connectivity index (χ2v) is 9.04. The Morgan fingerprint density at radius 3 is 2.31 bits per heavy atom. The molecule has 5 nitrogen and oxygen atoms in total. The van der Waals surface area contributed by atoms with Crippen molar-refractivity contribution in [1.82, 2.24) is 10.2 Å². The largest absolute Gasteiger partial charge is 0.484 e.